The molecule has 0 aliphatic carbocycles. The van der Waals surface area contributed by atoms with Crippen LogP contribution >= 0.6 is 0 Å². The van der Waals surface area contributed by atoms with E-state index in [1.165, 1.54) is 23.1 Å². The second-order valence-electron chi connectivity index (χ2n) is 7.50. The van der Waals surface area contributed by atoms with Gasteiger partial charge in [0.05, 0.1) is 5.69 Å². The number of aryl methyl sites for hydroxylation is 2. The van der Waals surface area contributed by atoms with Crippen molar-refractivity contribution in [2.45, 2.75) is 19.4 Å². The van der Waals surface area contributed by atoms with Crippen LogP contribution in [0.2, 0.25) is 0 Å². The summed E-state index contributed by atoms with van der Waals surface area (Å²) in [4.78, 5) is 27.2. The Bertz CT molecular complexity index is 1160. The van der Waals surface area contributed by atoms with Gasteiger partial charge in [-0.05, 0) is 43.7 Å². The predicted octanol–water partition coefficient (Wildman–Crippen LogP) is 3.66. The highest BCUT2D eigenvalue weighted by Crippen LogP contribution is 2.44. The lowest BCUT2D eigenvalue weighted by Gasteiger charge is -2.23. The molecule has 0 aromatic heterocycles. The zero-order valence-corrected chi connectivity index (χ0v) is 16.6. The minimum absolute atomic E-state index is 0.122. The molecular weight excluding hydrogens is 383 g/mol. The third-order valence-electron chi connectivity index (χ3n) is 5.34. The van der Waals surface area contributed by atoms with Gasteiger partial charge in [0.2, 0.25) is 5.91 Å². The molecule has 1 atom stereocenters. The largest absolute Gasteiger partial charge is 0.372 e. The molecule has 1 heterocycles. The number of hydrogen-bond donors (Lipinski definition) is 2. The van der Waals surface area contributed by atoms with E-state index < -0.39 is 23.2 Å². The fraction of sp³-hybridized carbons (Fsp3) is 0.167. The van der Waals surface area contributed by atoms with Gasteiger partial charge in [-0.2, -0.15) is 0 Å². The van der Waals surface area contributed by atoms with Crippen LogP contribution in [0.15, 0.2) is 66.7 Å². The Labute approximate surface area is 173 Å². The van der Waals surface area contributed by atoms with Crippen LogP contribution < -0.4 is 10.2 Å². The molecule has 4 rings (SSSR count). The van der Waals surface area contributed by atoms with E-state index in [1.807, 2.05) is 32.0 Å². The van der Waals surface area contributed by atoms with E-state index in [4.69, 9.17) is 0 Å². The van der Waals surface area contributed by atoms with Crippen molar-refractivity contribution in [3.63, 3.8) is 0 Å². The second kappa shape index (κ2) is 7.39. The number of halogens is 1. The number of anilines is 2. The third-order valence-corrected chi connectivity index (χ3v) is 5.34. The van der Waals surface area contributed by atoms with Crippen LogP contribution in [0.1, 0.15) is 22.3 Å². The van der Waals surface area contributed by atoms with E-state index in [9.17, 15) is 19.1 Å². The summed E-state index contributed by atoms with van der Waals surface area (Å²) in [5.41, 5.74) is 1.45. The van der Waals surface area contributed by atoms with Crippen molar-refractivity contribution in [1.82, 2.24) is 0 Å². The van der Waals surface area contributed by atoms with Gasteiger partial charge in [0.25, 0.3) is 5.91 Å². The Morgan fingerprint density at radius 1 is 1.07 bits per heavy atom. The topological polar surface area (TPSA) is 69.6 Å². The lowest BCUT2D eigenvalue weighted by Crippen LogP contribution is -2.44. The number of fused-ring (bicyclic) bond motifs is 1. The summed E-state index contributed by atoms with van der Waals surface area (Å²) in [6, 6.07) is 17.6. The Morgan fingerprint density at radius 2 is 1.83 bits per heavy atom. The van der Waals surface area contributed by atoms with Gasteiger partial charge in [0.1, 0.15) is 12.4 Å². The first-order valence-electron chi connectivity index (χ1n) is 9.57. The van der Waals surface area contributed by atoms with E-state index in [-0.39, 0.29) is 12.1 Å². The van der Waals surface area contributed by atoms with Crippen LogP contribution in [0.25, 0.3) is 0 Å². The molecule has 1 aliphatic rings. The van der Waals surface area contributed by atoms with E-state index in [0.717, 1.165) is 17.2 Å². The fourth-order valence-corrected chi connectivity index (χ4v) is 3.87. The van der Waals surface area contributed by atoms with E-state index in [1.54, 1.807) is 24.3 Å². The molecular formula is C24H21FN2O3. The molecule has 3 aromatic rings. The molecule has 0 saturated heterocycles. The number of benzene rings is 3. The molecule has 0 bridgehead atoms. The Balaban J connectivity index is 1.66. The lowest BCUT2D eigenvalue weighted by atomic mass is 9.87. The highest BCUT2D eigenvalue weighted by Gasteiger charge is 2.51. The molecule has 1 aliphatic heterocycles. The first-order chi connectivity index (χ1) is 14.3. The maximum Gasteiger partial charge on any atom is 0.268 e. The zero-order valence-electron chi connectivity index (χ0n) is 16.6. The number of nitrogens with zero attached hydrogens (tertiary/aromatic N) is 1. The monoisotopic (exact) mass is 404 g/mol. The highest BCUT2D eigenvalue weighted by molar-refractivity contribution is 6.12. The summed E-state index contributed by atoms with van der Waals surface area (Å²) < 4.78 is 13.8. The first-order valence-corrected chi connectivity index (χ1v) is 9.57. The smallest absolute Gasteiger partial charge is 0.268 e. The second-order valence-corrected chi connectivity index (χ2v) is 7.50. The quantitative estimate of drug-likeness (QED) is 0.697. The van der Waals surface area contributed by atoms with Crippen LogP contribution in [0.5, 0.6) is 0 Å². The summed E-state index contributed by atoms with van der Waals surface area (Å²) >= 11 is 0. The first kappa shape index (κ1) is 19.8. The molecule has 0 spiro atoms. The van der Waals surface area contributed by atoms with Crippen molar-refractivity contribution in [2.24, 2.45) is 0 Å². The number of carbonyl (C=O) groups is 2. The number of aliphatic hydroxyl groups is 1. The van der Waals surface area contributed by atoms with Crippen molar-refractivity contribution in [3.8, 4) is 0 Å². The maximum atomic E-state index is 13.8. The van der Waals surface area contributed by atoms with Crippen molar-refractivity contribution >= 4 is 23.2 Å². The Morgan fingerprint density at radius 3 is 2.57 bits per heavy atom. The standard InChI is InChI=1S/C24H21FN2O3/c1-15-10-11-20(16(2)12-15)26-22(28)14-27-21-9-4-3-8-19(21)24(30,23(27)29)17-6-5-7-18(25)13-17/h3-13,30H,14H2,1-2H3,(H,26,28)/t24-/m1/s1. The van der Waals surface area contributed by atoms with Crippen molar-refractivity contribution in [1.29, 1.82) is 0 Å². The minimum atomic E-state index is -2.06. The zero-order chi connectivity index (χ0) is 21.5. The van der Waals surface area contributed by atoms with Gasteiger partial charge in [0, 0.05) is 16.8 Å². The molecule has 3 aromatic carbocycles. The van der Waals surface area contributed by atoms with Gasteiger partial charge in [-0.1, -0.05) is 48.0 Å². The number of para-hydroxylation sites is 1. The molecule has 2 N–H and O–H groups in total. The lowest BCUT2D eigenvalue weighted by molar-refractivity contribution is -0.133. The number of amides is 2. The van der Waals surface area contributed by atoms with Crippen LogP contribution in [0, 0.1) is 19.7 Å². The Kier molecular flexibility index (Phi) is 4.87. The summed E-state index contributed by atoms with van der Waals surface area (Å²) in [6.07, 6.45) is 0. The van der Waals surface area contributed by atoms with Gasteiger partial charge in [-0.3, -0.25) is 14.5 Å². The fourth-order valence-electron chi connectivity index (χ4n) is 3.87. The van der Waals surface area contributed by atoms with E-state index in [2.05, 4.69) is 5.32 Å². The third kappa shape index (κ3) is 3.25. The molecule has 30 heavy (non-hydrogen) atoms. The van der Waals surface area contributed by atoms with Crippen LogP contribution in [0.4, 0.5) is 15.8 Å². The maximum absolute atomic E-state index is 13.8. The highest BCUT2D eigenvalue weighted by atomic mass is 19.1. The van der Waals surface area contributed by atoms with Crippen LogP contribution in [-0.4, -0.2) is 23.5 Å². The van der Waals surface area contributed by atoms with E-state index >= 15 is 0 Å². The van der Waals surface area contributed by atoms with Gasteiger partial charge < -0.3 is 10.4 Å². The molecule has 0 saturated carbocycles. The summed E-state index contributed by atoms with van der Waals surface area (Å²) in [5, 5.41) is 14.2. The van der Waals surface area contributed by atoms with Gasteiger partial charge in [-0.25, -0.2) is 4.39 Å². The average Bonchev–Trinajstić information content (AvgIpc) is 2.93. The molecule has 5 nitrogen and oxygen atoms in total. The minimum Gasteiger partial charge on any atom is -0.372 e. The molecule has 2 amide bonds. The van der Waals surface area contributed by atoms with Crippen molar-refractivity contribution in [2.75, 3.05) is 16.8 Å². The van der Waals surface area contributed by atoms with Crippen LogP contribution in [0.3, 0.4) is 0 Å². The van der Waals surface area contributed by atoms with Crippen molar-refractivity contribution < 1.29 is 19.1 Å². The number of rotatable bonds is 4. The normalized spacial score (nSPS) is 17.7. The van der Waals surface area contributed by atoms with Gasteiger partial charge in [-0.15, -0.1) is 0 Å². The molecule has 152 valence electrons. The molecule has 0 fully saturated rings. The Hall–Kier alpha value is -3.51. The molecule has 0 radical (unpaired) electrons. The van der Waals surface area contributed by atoms with Crippen LogP contribution in [-0.2, 0) is 15.2 Å². The molecule has 0 unspecified atom stereocenters. The molecule has 6 heteroatoms. The van der Waals surface area contributed by atoms with Gasteiger partial charge in [0.15, 0.2) is 5.60 Å². The summed E-state index contributed by atoms with van der Waals surface area (Å²) in [5.74, 6) is -1.64. The number of carbonyl (C=O) groups excluding carboxylic acids is 2. The van der Waals surface area contributed by atoms with E-state index in [0.29, 0.717) is 16.9 Å². The number of nitrogens with one attached hydrogen (secondary N) is 1. The summed E-state index contributed by atoms with van der Waals surface area (Å²) in [7, 11) is 0. The SMILES string of the molecule is Cc1ccc(NC(=O)CN2C(=O)[C@@](O)(c3cccc(F)c3)c3ccccc32)c(C)c1. The summed E-state index contributed by atoms with van der Waals surface area (Å²) in [6.45, 7) is 3.58. The van der Waals surface area contributed by atoms with Crippen molar-refractivity contribution in [3.05, 3.63) is 94.8 Å². The number of hydrogen-bond acceptors (Lipinski definition) is 3. The average molecular weight is 404 g/mol. The predicted molar refractivity (Wildman–Crippen MR) is 113 cm³/mol. The van der Waals surface area contributed by atoms with Gasteiger partial charge >= 0.3 is 0 Å².